The Morgan fingerprint density at radius 1 is 1.08 bits per heavy atom. The number of hydrogen-bond donors (Lipinski definition) is 2. The lowest BCUT2D eigenvalue weighted by Crippen LogP contribution is -2.40. The molecule has 8 heteroatoms. The largest absolute Gasteiger partial charge is 0.399 e. The number of halogens is 1. The van der Waals surface area contributed by atoms with Gasteiger partial charge in [-0.1, -0.05) is 77.4 Å². The maximum Gasteiger partial charge on any atom is 0.254 e. The highest BCUT2D eigenvalue weighted by Gasteiger charge is 2.35. The van der Waals surface area contributed by atoms with E-state index in [1.165, 1.54) is 7.11 Å². The molecule has 1 heterocycles. The van der Waals surface area contributed by atoms with Crippen LogP contribution < -0.4 is 5.32 Å². The number of aliphatic hydroxyl groups is 1. The molecule has 1 saturated heterocycles. The number of rotatable bonds is 8. The number of carbonyl (C=O) groups excluding carboxylic acids is 2. The first kappa shape index (κ1) is 25.4. The molecule has 2 N–H and O–H groups in total. The van der Waals surface area contributed by atoms with Gasteiger partial charge in [0, 0.05) is 41.6 Å². The Morgan fingerprint density at radius 2 is 1.78 bits per heavy atom. The van der Waals surface area contributed by atoms with Gasteiger partial charge in [0.2, 0.25) is 5.91 Å². The van der Waals surface area contributed by atoms with E-state index in [1.54, 1.807) is 29.2 Å². The van der Waals surface area contributed by atoms with Gasteiger partial charge in [0.05, 0.1) is 18.4 Å². The summed E-state index contributed by atoms with van der Waals surface area (Å²) in [6, 6.07) is 23.6. The summed E-state index contributed by atoms with van der Waals surface area (Å²) in [6.07, 6.45) is -0.279. The molecule has 7 nitrogen and oxygen atoms in total. The van der Waals surface area contributed by atoms with Crippen LogP contribution in [-0.4, -0.2) is 53.8 Å². The topological polar surface area (TPSA) is 91.2 Å². The van der Waals surface area contributed by atoms with Crippen molar-refractivity contribution in [3.05, 3.63) is 95.0 Å². The lowest BCUT2D eigenvalue weighted by molar-refractivity contribution is -0.122. The molecule has 4 rings (SSSR count). The summed E-state index contributed by atoms with van der Waals surface area (Å²) in [6.45, 7) is 0.371. The van der Waals surface area contributed by atoms with Gasteiger partial charge in [-0.2, -0.15) is 0 Å². The van der Waals surface area contributed by atoms with Crippen LogP contribution in [0.1, 0.15) is 34.9 Å². The molecule has 3 aromatic rings. The van der Waals surface area contributed by atoms with E-state index in [1.807, 2.05) is 54.6 Å². The van der Waals surface area contributed by atoms with Crippen molar-refractivity contribution in [2.45, 2.75) is 25.0 Å². The van der Waals surface area contributed by atoms with E-state index in [0.717, 1.165) is 16.7 Å². The van der Waals surface area contributed by atoms with E-state index in [0.29, 0.717) is 22.7 Å². The van der Waals surface area contributed by atoms with Crippen LogP contribution in [0.2, 0.25) is 5.02 Å². The zero-order chi connectivity index (χ0) is 25.5. The van der Waals surface area contributed by atoms with Crippen LogP contribution in [0.25, 0.3) is 11.1 Å². The molecule has 1 fully saturated rings. The minimum absolute atomic E-state index is 0.0893. The normalized spacial score (nSPS) is 17.1. The zero-order valence-electron chi connectivity index (χ0n) is 19.9. The molecule has 0 spiro atoms. The first-order valence-electron chi connectivity index (χ1n) is 11.7. The fraction of sp³-hybridized carbons (Fsp3) is 0.250. The molecule has 0 radical (unpaired) electrons. The van der Waals surface area contributed by atoms with Gasteiger partial charge in [-0.3, -0.25) is 9.59 Å². The molecule has 36 heavy (non-hydrogen) atoms. The Morgan fingerprint density at radius 3 is 2.47 bits per heavy atom. The molecular weight excluding hydrogens is 478 g/mol. The van der Waals surface area contributed by atoms with Crippen molar-refractivity contribution in [3.8, 4) is 11.1 Å². The average Bonchev–Trinajstić information content (AvgIpc) is 3.30. The van der Waals surface area contributed by atoms with Gasteiger partial charge in [0.15, 0.2) is 0 Å². The second-order valence-electron chi connectivity index (χ2n) is 8.62. The quantitative estimate of drug-likeness (QED) is 0.442. The fourth-order valence-corrected chi connectivity index (χ4v) is 4.58. The van der Waals surface area contributed by atoms with Gasteiger partial charge in [-0.05, 0) is 29.3 Å². The SMILES string of the molecule is CON=C1C[C@@H](CC(=O)NC[C@@H](O)c2ccccc2)N(C(=O)c2ccc(-c3ccccc3Cl)cc2)C1. The molecule has 0 aliphatic carbocycles. The van der Waals surface area contributed by atoms with Crippen LogP contribution in [0.15, 0.2) is 84.0 Å². The number of hydrogen-bond acceptors (Lipinski definition) is 5. The summed E-state index contributed by atoms with van der Waals surface area (Å²) in [5.41, 5.74) is 3.73. The van der Waals surface area contributed by atoms with E-state index in [-0.39, 0.29) is 37.4 Å². The van der Waals surface area contributed by atoms with Gasteiger partial charge in [-0.25, -0.2) is 0 Å². The number of benzene rings is 3. The van der Waals surface area contributed by atoms with Gasteiger partial charge in [-0.15, -0.1) is 0 Å². The van der Waals surface area contributed by atoms with Crippen LogP contribution in [0.3, 0.4) is 0 Å². The first-order valence-corrected chi connectivity index (χ1v) is 12.1. The predicted octanol–water partition coefficient (Wildman–Crippen LogP) is 4.46. The Labute approximate surface area is 215 Å². The number of nitrogens with zero attached hydrogens (tertiary/aromatic N) is 2. The second-order valence-corrected chi connectivity index (χ2v) is 9.03. The van der Waals surface area contributed by atoms with Crippen LogP contribution in [0.4, 0.5) is 0 Å². The molecule has 2 atom stereocenters. The second kappa shape index (κ2) is 11.8. The molecule has 1 aliphatic heterocycles. The average molecular weight is 506 g/mol. The predicted molar refractivity (Wildman–Crippen MR) is 140 cm³/mol. The summed E-state index contributed by atoms with van der Waals surface area (Å²) in [4.78, 5) is 32.6. The highest BCUT2D eigenvalue weighted by Crippen LogP contribution is 2.28. The van der Waals surface area contributed by atoms with E-state index in [9.17, 15) is 14.7 Å². The van der Waals surface area contributed by atoms with Gasteiger partial charge < -0.3 is 20.2 Å². The van der Waals surface area contributed by atoms with Crippen LogP contribution >= 0.6 is 11.6 Å². The van der Waals surface area contributed by atoms with E-state index in [2.05, 4.69) is 10.5 Å². The molecular formula is C28H28ClN3O4. The number of carbonyl (C=O) groups is 2. The smallest absolute Gasteiger partial charge is 0.254 e. The van der Waals surface area contributed by atoms with E-state index >= 15 is 0 Å². The van der Waals surface area contributed by atoms with Crippen LogP contribution in [0.5, 0.6) is 0 Å². The Hall–Kier alpha value is -3.68. The Bertz CT molecular complexity index is 1230. The van der Waals surface area contributed by atoms with E-state index < -0.39 is 6.10 Å². The molecule has 2 amide bonds. The summed E-state index contributed by atoms with van der Waals surface area (Å²) in [5.74, 6) is -0.440. The third-order valence-electron chi connectivity index (χ3n) is 6.16. The summed E-state index contributed by atoms with van der Waals surface area (Å²) < 4.78 is 0. The van der Waals surface area contributed by atoms with Crippen molar-refractivity contribution >= 4 is 29.1 Å². The minimum Gasteiger partial charge on any atom is -0.399 e. The van der Waals surface area contributed by atoms with Gasteiger partial charge in [0.25, 0.3) is 5.91 Å². The highest BCUT2D eigenvalue weighted by molar-refractivity contribution is 6.33. The van der Waals surface area contributed by atoms with Crippen molar-refractivity contribution in [1.82, 2.24) is 10.2 Å². The van der Waals surface area contributed by atoms with Crippen molar-refractivity contribution < 1.29 is 19.5 Å². The molecule has 0 saturated carbocycles. The van der Waals surface area contributed by atoms with Gasteiger partial charge in [0.1, 0.15) is 7.11 Å². The molecule has 3 aromatic carbocycles. The molecule has 0 aromatic heterocycles. The van der Waals surface area contributed by atoms with Crippen LogP contribution in [-0.2, 0) is 9.63 Å². The van der Waals surface area contributed by atoms with E-state index in [4.69, 9.17) is 16.4 Å². The number of amides is 2. The maximum atomic E-state index is 13.4. The summed E-state index contributed by atoms with van der Waals surface area (Å²) >= 11 is 6.30. The van der Waals surface area contributed by atoms with Gasteiger partial charge >= 0.3 is 0 Å². The van der Waals surface area contributed by atoms with Crippen molar-refractivity contribution in [1.29, 1.82) is 0 Å². The molecule has 0 bridgehead atoms. The third-order valence-corrected chi connectivity index (χ3v) is 6.49. The zero-order valence-corrected chi connectivity index (χ0v) is 20.7. The number of nitrogens with one attached hydrogen (secondary N) is 1. The monoisotopic (exact) mass is 505 g/mol. The van der Waals surface area contributed by atoms with Crippen molar-refractivity contribution in [3.63, 3.8) is 0 Å². The summed E-state index contributed by atoms with van der Waals surface area (Å²) in [7, 11) is 1.46. The van der Waals surface area contributed by atoms with Crippen LogP contribution in [0, 0.1) is 0 Å². The lowest BCUT2D eigenvalue weighted by atomic mass is 10.0. The summed E-state index contributed by atoms with van der Waals surface area (Å²) in [5, 5.41) is 17.8. The number of oxime groups is 1. The first-order chi connectivity index (χ1) is 17.5. The number of likely N-dealkylation sites (tertiary alicyclic amines) is 1. The van der Waals surface area contributed by atoms with Crippen molar-refractivity contribution in [2.24, 2.45) is 5.16 Å². The highest BCUT2D eigenvalue weighted by atomic mass is 35.5. The maximum absolute atomic E-state index is 13.4. The lowest BCUT2D eigenvalue weighted by Gasteiger charge is -2.24. The van der Waals surface area contributed by atoms with Crippen molar-refractivity contribution in [2.75, 3.05) is 20.2 Å². The fourth-order valence-electron chi connectivity index (χ4n) is 4.33. The minimum atomic E-state index is -0.807. The molecule has 0 unspecified atom stereocenters. The molecule has 186 valence electrons. The number of aliphatic hydroxyl groups excluding tert-OH is 1. The Kier molecular flexibility index (Phi) is 8.36. The Balaban J connectivity index is 1.43. The standard InChI is InChI=1S/C28H28ClN3O4/c1-36-31-22-15-23(16-27(34)30-17-26(33)20-7-3-2-4-8-20)32(18-22)28(35)21-13-11-19(12-14-21)24-9-5-6-10-25(24)29/h2-14,23,26,33H,15-18H2,1H3,(H,30,34)/t23-,26+/m0/s1. The third kappa shape index (κ3) is 6.11. The molecule has 1 aliphatic rings.